The molecular weight excluding hydrogens is 204 g/mol. The Balaban J connectivity index is 1.97. The Labute approximate surface area is 91.0 Å². The summed E-state index contributed by atoms with van der Waals surface area (Å²) in [5.74, 6) is 0.499. The maximum atomic E-state index is 4.27. The van der Waals surface area contributed by atoms with Crippen LogP contribution in [0.5, 0.6) is 0 Å². The van der Waals surface area contributed by atoms with Gasteiger partial charge < -0.3 is 4.57 Å². The quantitative estimate of drug-likeness (QED) is 0.689. The average molecular weight is 212 g/mol. The van der Waals surface area contributed by atoms with Gasteiger partial charge in [-0.3, -0.25) is 4.98 Å². The molecule has 0 atom stereocenters. The minimum absolute atomic E-state index is 0.499. The summed E-state index contributed by atoms with van der Waals surface area (Å²) in [6.45, 7) is 0. The SMILES string of the molecule is c1ccn(-c2ccc(-c3nn[nH]n3)nc2)c1. The Morgan fingerprint density at radius 2 is 2.00 bits per heavy atom. The van der Waals surface area contributed by atoms with E-state index in [9.17, 15) is 0 Å². The number of hydrogen-bond donors (Lipinski definition) is 1. The molecule has 0 aliphatic rings. The van der Waals surface area contributed by atoms with E-state index in [1.54, 1.807) is 6.20 Å². The van der Waals surface area contributed by atoms with E-state index in [-0.39, 0.29) is 0 Å². The highest BCUT2D eigenvalue weighted by atomic mass is 15.5. The lowest BCUT2D eigenvalue weighted by atomic mass is 10.3. The van der Waals surface area contributed by atoms with Gasteiger partial charge in [-0.15, -0.1) is 10.2 Å². The average Bonchev–Trinajstić information content (AvgIpc) is 3.03. The smallest absolute Gasteiger partial charge is 0.222 e. The van der Waals surface area contributed by atoms with Gasteiger partial charge in [0.2, 0.25) is 5.82 Å². The molecule has 0 fully saturated rings. The number of tetrazole rings is 1. The molecule has 6 heteroatoms. The number of aromatic amines is 1. The fraction of sp³-hybridized carbons (Fsp3) is 0. The van der Waals surface area contributed by atoms with Crippen molar-refractivity contribution >= 4 is 0 Å². The first kappa shape index (κ1) is 8.78. The van der Waals surface area contributed by atoms with Crippen molar-refractivity contribution < 1.29 is 0 Å². The van der Waals surface area contributed by atoms with Crippen molar-refractivity contribution in [3.63, 3.8) is 0 Å². The summed E-state index contributed by atoms with van der Waals surface area (Å²) in [6, 6.07) is 7.75. The first-order valence-corrected chi connectivity index (χ1v) is 4.77. The number of H-pyrrole nitrogens is 1. The van der Waals surface area contributed by atoms with Gasteiger partial charge in [0.25, 0.3) is 0 Å². The minimum atomic E-state index is 0.499. The lowest BCUT2D eigenvalue weighted by Gasteiger charge is -2.01. The third-order valence-electron chi connectivity index (χ3n) is 2.22. The van der Waals surface area contributed by atoms with Crippen LogP contribution in [0.25, 0.3) is 17.2 Å². The number of pyridine rings is 1. The maximum absolute atomic E-state index is 4.27. The second-order valence-electron chi connectivity index (χ2n) is 3.23. The molecule has 16 heavy (non-hydrogen) atoms. The molecule has 1 N–H and O–H groups in total. The molecule has 0 aliphatic carbocycles. The third kappa shape index (κ3) is 1.46. The van der Waals surface area contributed by atoms with E-state index in [0.29, 0.717) is 11.5 Å². The molecule has 0 saturated carbocycles. The number of rotatable bonds is 2. The van der Waals surface area contributed by atoms with Crippen LogP contribution in [0.4, 0.5) is 0 Å². The number of hydrogen-bond acceptors (Lipinski definition) is 4. The maximum Gasteiger partial charge on any atom is 0.222 e. The molecule has 0 amide bonds. The zero-order valence-electron chi connectivity index (χ0n) is 8.28. The van der Waals surface area contributed by atoms with Crippen LogP contribution in [0, 0.1) is 0 Å². The Bertz CT molecular complexity index is 499. The molecule has 3 heterocycles. The standard InChI is InChI=1S/C10H8N6/c1-2-6-16(5-1)8-3-4-9(11-7-8)10-12-14-15-13-10/h1-7H,(H,12,13,14,15). The molecule has 0 spiro atoms. The molecule has 6 nitrogen and oxygen atoms in total. The highest BCUT2D eigenvalue weighted by molar-refractivity contribution is 5.49. The molecule has 0 unspecified atom stereocenters. The van der Waals surface area contributed by atoms with Gasteiger partial charge in [-0.2, -0.15) is 5.21 Å². The van der Waals surface area contributed by atoms with Gasteiger partial charge in [0.05, 0.1) is 11.9 Å². The molecule has 0 radical (unpaired) electrons. The second kappa shape index (κ2) is 3.58. The highest BCUT2D eigenvalue weighted by Gasteiger charge is 2.04. The van der Waals surface area contributed by atoms with Gasteiger partial charge in [-0.25, -0.2) is 0 Å². The predicted octanol–water partition coefficient (Wildman–Crippen LogP) is 1.05. The molecule has 0 bridgehead atoms. The van der Waals surface area contributed by atoms with Gasteiger partial charge in [0.15, 0.2) is 0 Å². The zero-order chi connectivity index (χ0) is 10.8. The van der Waals surface area contributed by atoms with Crippen molar-refractivity contribution in [2.24, 2.45) is 0 Å². The van der Waals surface area contributed by atoms with Crippen LogP contribution in [-0.4, -0.2) is 30.2 Å². The van der Waals surface area contributed by atoms with Crippen molar-refractivity contribution in [1.29, 1.82) is 0 Å². The topological polar surface area (TPSA) is 72.3 Å². The zero-order valence-corrected chi connectivity index (χ0v) is 8.28. The van der Waals surface area contributed by atoms with E-state index in [0.717, 1.165) is 5.69 Å². The first-order valence-electron chi connectivity index (χ1n) is 4.77. The van der Waals surface area contributed by atoms with Crippen LogP contribution < -0.4 is 0 Å². The second-order valence-corrected chi connectivity index (χ2v) is 3.23. The highest BCUT2D eigenvalue weighted by Crippen LogP contribution is 2.12. The minimum Gasteiger partial charge on any atom is -0.322 e. The van der Waals surface area contributed by atoms with Crippen LogP contribution in [0.1, 0.15) is 0 Å². The number of nitrogens with zero attached hydrogens (tertiary/aromatic N) is 5. The first-order chi connectivity index (χ1) is 7.93. The van der Waals surface area contributed by atoms with Crippen LogP contribution in [0.15, 0.2) is 42.9 Å². The summed E-state index contributed by atoms with van der Waals surface area (Å²) >= 11 is 0. The van der Waals surface area contributed by atoms with Crippen molar-refractivity contribution in [3.8, 4) is 17.2 Å². The Hall–Kier alpha value is -2.50. The summed E-state index contributed by atoms with van der Waals surface area (Å²) in [5.41, 5.74) is 1.70. The molecule has 3 aromatic heterocycles. The predicted molar refractivity (Wildman–Crippen MR) is 56.7 cm³/mol. The number of nitrogens with one attached hydrogen (secondary N) is 1. The summed E-state index contributed by atoms with van der Waals surface area (Å²) < 4.78 is 1.98. The molecule has 78 valence electrons. The Morgan fingerprint density at radius 1 is 1.12 bits per heavy atom. The van der Waals surface area contributed by atoms with Crippen LogP contribution >= 0.6 is 0 Å². The fourth-order valence-electron chi connectivity index (χ4n) is 1.45. The monoisotopic (exact) mass is 212 g/mol. The normalized spacial score (nSPS) is 10.5. The van der Waals surface area contributed by atoms with Gasteiger partial charge in [-0.05, 0) is 29.5 Å². The molecule has 0 aliphatic heterocycles. The van der Waals surface area contributed by atoms with E-state index < -0.39 is 0 Å². The van der Waals surface area contributed by atoms with Crippen molar-refractivity contribution in [2.75, 3.05) is 0 Å². The number of aromatic nitrogens is 6. The van der Waals surface area contributed by atoms with E-state index in [1.807, 2.05) is 41.2 Å². The van der Waals surface area contributed by atoms with Crippen molar-refractivity contribution in [1.82, 2.24) is 30.2 Å². The molecular formula is C10H8N6. The molecule has 0 saturated heterocycles. The van der Waals surface area contributed by atoms with Crippen LogP contribution in [0.2, 0.25) is 0 Å². The van der Waals surface area contributed by atoms with E-state index in [1.165, 1.54) is 0 Å². The Morgan fingerprint density at radius 3 is 2.62 bits per heavy atom. The van der Waals surface area contributed by atoms with E-state index >= 15 is 0 Å². The van der Waals surface area contributed by atoms with Crippen LogP contribution in [0.3, 0.4) is 0 Å². The van der Waals surface area contributed by atoms with Crippen molar-refractivity contribution in [2.45, 2.75) is 0 Å². The van der Waals surface area contributed by atoms with Crippen molar-refractivity contribution in [3.05, 3.63) is 42.9 Å². The lowest BCUT2D eigenvalue weighted by Crippen LogP contribution is -1.92. The van der Waals surface area contributed by atoms with E-state index in [4.69, 9.17) is 0 Å². The van der Waals surface area contributed by atoms with Gasteiger partial charge in [-0.1, -0.05) is 0 Å². The fourth-order valence-corrected chi connectivity index (χ4v) is 1.45. The third-order valence-corrected chi connectivity index (χ3v) is 2.22. The largest absolute Gasteiger partial charge is 0.322 e. The lowest BCUT2D eigenvalue weighted by molar-refractivity contribution is 0.881. The summed E-state index contributed by atoms with van der Waals surface area (Å²) in [5, 5.41) is 13.6. The summed E-state index contributed by atoms with van der Waals surface area (Å²) in [7, 11) is 0. The van der Waals surface area contributed by atoms with E-state index in [2.05, 4.69) is 25.6 Å². The van der Waals surface area contributed by atoms with Gasteiger partial charge >= 0.3 is 0 Å². The summed E-state index contributed by atoms with van der Waals surface area (Å²) in [4.78, 5) is 4.27. The van der Waals surface area contributed by atoms with Crippen LogP contribution in [-0.2, 0) is 0 Å². The summed E-state index contributed by atoms with van der Waals surface area (Å²) in [6.07, 6.45) is 5.70. The van der Waals surface area contributed by atoms with Gasteiger partial charge in [0.1, 0.15) is 5.69 Å². The Kier molecular flexibility index (Phi) is 1.96. The molecule has 3 rings (SSSR count). The molecule has 3 aromatic rings. The molecule has 0 aromatic carbocycles. The van der Waals surface area contributed by atoms with Gasteiger partial charge in [0, 0.05) is 12.4 Å².